The van der Waals surface area contributed by atoms with Gasteiger partial charge in [-0.05, 0) is 65.3 Å². The summed E-state index contributed by atoms with van der Waals surface area (Å²) >= 11 is 0. The van der Waals surface area contributed by atoms with E-state index < -0.39 is 0 Å². The molecule has 6 nitrogen and oxygen atoms in total. The fourth-order valence-corrected chi connectivity index (χ4v) is 4.91. The minimum Gasteiger partial charge on any atom is -0.385 e. The molecule has 4 rings (SSSR count). The molecule has 3 aromatic carbocycles. The first-order valence-electron chi connectivity index (χ1n) is 14.1. The van der Waals surface area contributed by atoms with Crippen LogP contribution in [-0.2, 0) is 27.9 Å². The van der Waals surface area contributed by atoms with E-state index in [9.17, 15) is 14.0 Å². The van der Waals surface area contributed by atoms with Gasteiger partial charge in [0.1, 0.15) is 12.4 Å². The van der Waals surface area contributed by atoms with Gasteiger partial charge in [0.15, 0.2) is 0 Å². The van der Waals surface area contributed by atoms with Crippen molar-refractivity contribution in [2.24, 2.45) is 0 Å². The summed E-state index contributed by atoms with van der Waals surface area (Å²) in [4.78, 5) is 34.1. The average Bonchev–Trinajstić information content (AvgIpc) is 3.38. The van der Waals surface area contributed by atoms with E-state index in [1.54, 1.807) is 29.0 Å². The van der Waals surface area contributed by atoms with Crippen LogP contribution < -0.4 is 0 Å². The zero-order valence-electron chi connectivity index (χ0n) is 24.5. The van der Waals surface area contributed by atoms with Crippen LogP contribution in [0.15, 0.2) is 79.0 Å². The summed E-state index contributed by atoms with van der Waals surface area (Å²) in [6, 6.07) is 21.9. The molecular formula is C34H40FN3O3. The fraction of sp³-hybridized carbons (Fsp3) is 0.353. The molecule has 0 aliphatic heterocycles. The number of methoxy groups -OCH3 is 1. The van der Waals surface area contributed by atoms with Crippen molar-refractivity contribution in [1.82, 2.24) is 14.8 Å². The van der Waals surface area contributed by atoms with Crippen molar-refractivity contribution in [1.29, 1.82) is 0 Å². The number of fused-ring (bicyclic) bond motifs is 1. The van der Waals surface area contributed by atoms with Crippen LogP contribution in [0.2, 0.25) is 0 Å². The van der Waals surface area contributed by atoms with E-state index in [-0.39, 0.29) is 29.6 Å². The number of amides is 2. The summed E-state index contributed by atoms with van der Waals surface area (Å²) < 4.78 is 18.8. The normalized spacial score (nSPS) is 11.5. The monoisotopic (exact) mass is 557 g/mol. The fourth-order valence-electron chi connectivity index (χ4n) is 4.91. The molecule has 0 aliphatic carbocycles. The van der Waals surface area contributed by atoms with E-state index >= 15 is 0 Å². The highest BCUT2D eigenvalue weighted by Gasteiger charge is 2.23. The zero-order chi connectivity index (χ0) is 29.4. The number of halogens is 1. The van der Waals surface area contributed by atoms with E-state index in [4.69, 9.17) is 4.74 Å². The third kappa shape index (κ3) is 8.04. The van der Waals surface area contributed by atoms with Crippen molar-refractivity contribution in [2.45, 2.75) is 45.6 Å². The summed E-state index contributed by atoms with van der Waals surface area (Å²) in [5.74, 6) is -0.669. The minimum absolute atomic E-state index is 0.0264. The van der Waals surface area contributed by atoms with Crippen LogP contribution in [-0.4, -0.2) is 59.9 Å². The predicted octanol–water partition coefficient (Wildman–Crippen LogP) is 6.35. The van der Waals surface area contributed by atoms with E-state index in [0.717, 1.165) is 27.6 Å². The van der Waals surface area contributed by atoms with Crippen LogP contribution in [0.4, 0.5) is 4.39 Å². The van der Waals surface area contributed by atoms with Gasteiger partial charge in [0, 0.05) is 56.0 Å². The third-order valence-electron chi connectivity index (χ3n) is 7.35. The van der Waals surface area contributed by atoms with Gasteiger partial charge in [0.2, 0.25) is 5.91 Å². The molecule has 1 aromatic heterocycles. The lowest BCUT2D eigenvalue weighted by molar-refractivity contribution is -0.132. The van der Waals surface area contributed by atoms with Crippen molar-refractivity contribution in [2.75, 3.05) is 33.4 Å². The molecule has 0 bridgehead atoms. The van der Waals surface area contributed by atoms with Gasteiger partial charge in [-0.1, -0.05) is 63.2 Å². The number of carbonyl (C=O) groups is 2. The van der Waals surface area contributed by atoms with Crippen LogP contribution >= 0.6 is 0 Å². The number of H-pyrrole nitrogens is 1. The van der Waals surface area contributed by atoms with Crippen LogP contribution in [0.3, 0.4) is 0 Å². The highest BCUT2D eigenvalue weighted by Crippen LogP contribution is 2.23. The van der Waals surface area contributed by atoms with Crippen LogP contribution in [0.1, 0.15) is 54.2 Å². The Morgan fingerprint density at radius 3 is 2.29 bits per heavy atom. The summed E-state index contributed by atoms with van der Waals surface area (Å²) in [7, 11) is 1.62. The first kappa shape index (κ1) is 30.0. The summed E-state index contributed by atoms with van der Waals surface area (Å²) in [5, 5.41) is 1.12. The van der Waals surface area contributed by atoms with Crippen LogP contribution in [0.25, 0.3) is 10.9 Å². The lowest BCUT2D eigenvalue weighted by Gasteiger charge is -2.28. The number of ether oxygens (including phenoxy) is 1. The molecule has 0 unspecified atom stereocenters. The van der Waals surface area contributed by atoms with Gasteiger partial charge in [-0.15, -0.1) is 0 Å². The number of aromatic nitrogens is 1. The summed E-state index contributed by atoms with van der Waals surface area (Å²) in [5.41, 5.74) is 4.65. The quantitative estimate of drug-likeness (QED) is 0.206. The molecule has 7 heteroatoms. The van der Waals surface area contributed by atoms with Crippen molar-refractivity contribution in [3.8, 4) is 0 Å². The molecule has 0 aliphatic rings. The molecule has 0 saturated heterocycles. The Labute approximate surface area is 242 Å². The van der Waals surface area contributed by atoms with Gasteiger partial charge in [0.05, 0.1) is 0 Å². The molecule has 1 N–H and O–H groups in total. The van der Waals surface area contributed by atoms with Crippen molar-refractivity contribution in [3.05, 3.63) is 107 Å². The SMILES string of the molecule is COCCCN(CC(=O)N(CCc1c[nH]c2ccccc12)Cc1ccc(F)cc1)C(=O)c1ccc(C(C)(C)C)cc1. The highest BCUT2D eigenvalue weighted by molar-refractivity contribution is 5.96. The van der Waals surface area contributed by atoms with Crippen LogP contribution in [0.5, 0.6) is 0 Å². The van der Waals surface area contributed by atoms with E-state index in [0.29, 0.717) is 44.6 Å². The maximum atomic E-state index is 13.8. The number of nitrogens with zero attached hydrogens (tertiary/aromatic N) is 2. The molecule has 0 saturated carbocycles. The molecule has 41 heavy (non-hydrogen) atoms. The second-order valence-electron chi connectivity index (χ2n) is 11.5. The Bertz CT molecular complexity index is 1440. The maximum absolute atomic E-state index is 13.8. The Kier molecular flexibility index (Phi) is 9.95. The second-order valence-corrected chi connectivity index (χ2v) is 11.5. The number of nitrogens with one attached hydrogen (secondary N) is 1. The first-order chi connectivity index (χ1) is 19.7. The molecule has 1 heterocycles. The van der Waals surface area contributed by atoms with E-state index in [1.165, 1.54) is 12.1 Å². The Hall–Kier alpha value is -3.97. The van der Waals surface area contributed by atoms with Crippen LogP contribution in [0, 0.1) is 5.82 Å². The number of aromatic amines is 1. The van der Waals surface area contributed by atoms with Gasteiger partial charge in [-0.3, -0.25) is 9.59 Å². The van der Waals surface area contributed by atoms with E-state index in [1.807, 2.05) is 48.7 Å². The third-order valence-corrected chi connectivity index (χ3v) is 7.35. The molecule has 0 radical (unpaired) electrons. The topological polar surface area (TPSA) is 65.6 Å². The molecule has 0 fully saturated rings. The lowest BCUT2D eigenvalue weighted by atomic mass is 9.86. The number of para-hydroxylation sites is 1. The molecule has 2 amide bonds. The maximum Gasteiger partial charge on any atom is 0.254 e. The van der Waals surface area contributed by atoms with Gasteiger partial charge in [-0.2, -0.15) is 0 Å². The molecule has 0 atom stereocenters. The standard InChI is InChI=1S/C34H40FN3O3/c1-34(2,3)28-14-12-26(13-15-28)33(40)38(19-7-21-41-4)24-32(39)37(23-25-10-16-29(35)17-11-25)20-18-27-22-36-31-9-6-5-8-30(27)31/h5-6,8-17,22,36H,7,18-21,23-24H2,1-4H3. The average molecular weight is 558 g/mol. The second kappa shape index (κ2) is 13.6. The van der Waals surface area contributed by atoms with Gasteiger partial charge < -0.3 is 19.5 Å². The Balaban J connectivity index is 1.54. The van der Waals surface area contributed by atoms with Gasteiger partial charge in [0.25, 0.3) is 5.91 Å². The smallest absolute Gasteiger partial charge is 0.254 e. The predicted molar refractivity (Wildman–Crippen MR) is 161 cm³/mol. The molecular weight excluding hydrogens is 517 g/mol. The summed E-state index contributed by atoms with van der Waals surface area (Å²) in [6.07, 6.45) is 3.23. The Morgan fingerprint density at radius 2 is 1.61 bits per heavy atom. The minimum atomic E-state index is -0.321. The highest BCUT2D eigenvalue weighted by atomic mass is 19.1. The largest absolute Gasteiger partial charge is 0.385 e. The van der Waals surface area contributed by atoms with E-state index in [2.05, 4.69) is 31.8 Å². The summed E-state index contributed by atoms with van der Waals surface area (Å²) in [6.45, 7) is 7.99. The number of benzene rings is 3. The number of carbonyl (C=O) groups excluding carboxylic acids is 2. The van der Waals surface area contributed by atoms with Crippen molar-refractivity contribution < 1.29 is 18.7 Å². The number of hydrogen-bond donors (Lipinski definition) is 1. The molecule has 4 aromatic rings. The van der Waals surface area contributed by atoms with Crippen molar-refractivity contribution in [3.63, 3.8) is 0 Å². The zero-order valence-corrected chi connectivity index (χ0v) is 24.5. The first-order valence-corrected chi connectivity index (χ1v) is 14.1. The number of hydrogen-bond acceptors (Lipinski definition) is 3. The van der Waals surface area contributed by atoms with Crippen molar-refractivity contribution >= 4 is 22.7 Å². The Morgan fingerprint density at radius 1 is 0.902 bits per heavy atom. The molecule has 216 valence electrons. The lowest BCUT2D eigenvalue weighted by Crippen LogP contribution is -2.44. The van der Waals surface area contributed by atoms with Gasteiger partial charge in [-0.25, -0.2) is 4.39 Å². The molecule has 0 spiro atoms. The number of rotatable bonds is 12. The van der Waals surface area contributed by atoms with Gasteiger partial charge >= 0.3 is 0 Å².